The van der Waals surface area contributed by atoms with Crippen molar-refractivity contribution in [1.29, 1.82) is 0 Å². The normalized spacial score (nSPS) is 15.4. The van der Waals surface area contributed by atoms with Gasteiger partial charge in [0.05, 0.1) is 0 Å². The Morgan fingerprint density at radius 3 is 1.79 bits per heavy atom. The zero-order chi connectivity index (χ0) is 11.6. The summed E-state index contributed by atoms with van der Waals surface area (Å²) in [5, 5.41) is 1.26. The van der Waals surface area contributed by atoms with Crippen LogP contribution in [0.2, 0.25) is 31.7 Å². The summed E-state index contributed by atoms with van der Waals surface area (Å²) in [6.45, 7) is 15.2. The van der Waals surface area contributed by atoms with Crippen molar-refractivity contribution >= 4 is 16.6 Å². The van der Waals surface area contributed by atoms with Crippen LogP contribution in [0.1, 0.15) is 6.92 Å². The Morgan fingerprint density at radius 1 is 1.07 bits per heavy atom. The molecular formula is C10H24O2Si2. The van der Waals surface area contributed by atoms with E-state index in [0.717, 1.165) is 0 Å². The van der Waals surface area contributed by atoms with Crippen molar-refractivity contribution in [2.24, 2.45) is 0 Å². The van der Waals surface area contributed by atoms with E-state index in [-0.39, 0.29) is 0 Å². The third kappa shape index (κ3) is 3.05. The summed E-state index contributed by atoms with van der Waals surface area (Å²) in [4.78, 5) is 0. The minimum Gasteiger partial charge on any atom is -0.420 e. The molecule has 0 aromatic heterocycles. The van der Waals surface area contributed by atoms with E-state index in [1.807, 2.05) is 0 Å². The molecular weight excluding hydrogens is 208 g/mol. The van der Waals surface area contributed by atoms with Gasteiger partial charge in [-0.2, -0.15) is 0 Å². The molecule has 0 aliphatic rings. The summed E-state index contributed by atoms with van der Waals surface area (Å²) in [5.74, 6) is 0. The predicted octanol–water partition coefficient (Wildman–Crippen LogP) is 3.17. The fourth-order valence-corrected chi connectivity index (χ4v) is 5.83. The first-order valence-electron chi connectivity index (χ1n) is 4.98. The van der Waals surface area contributed by atoms with Crippen LogP contribution in [0.15, 0.2) is 11.8 Å². The summed E-state index contributed by atoms with van der Waals surface area (Å²) in [7, 11) is 0.262. The molecule has 0 spiro atoms. The molecule has 0 aliphatic heterocycles. The SMILES string of the molecule is C=C(C(C)[Si](C)(C)OC)[Si](C)(C)OC. The van der Waals surface area contributed by atoms with Gasteiger partial charge in [-0.3, -0.25) is 0 Å². The Hall–Kier alpha value is 0.0938. The molecule has 1 atom stereocenters. The Kier molecular flexibility index (Phi) is 4.77. The van der Waals surface area contributed by atoms with Crippen molar-refractivity contribution in [2.45, 2.75) is 38.7 Å². The fraction of sp³-hybridized carbons (Fsp3) is 0.800. The second kappa shape index (κ2) is 4.74. The van der Waals surface area contributed by atoms with Gasteiger partial charge in [0.15, 0.2) is 8.32 Å². The highest BCUT2D eigenvalue weighted by Crippen LogP contribution is 2.34. The Labute approximate surface area is 90.6 Å². The van der Waals surface area contributed by atoms with Gasteiger partial charge >= 0.3 is 0 Å². The Morgan fingerprint density at radius 2 is 1.50 bits per heavy atom. The second-order valence-electron chi connectivity index (χ2n) is 4.77. The van der Waals surface area contributed by atoms with Gasteiger partial charge in [0.25, 0.3) is 0 Å². The lowest BCUT2D eigenvalue weighted by molar-refractivity contribution is 0.391. The summed E-state index contributed by atoms with van der Waals surface area (Å²) in [5.41, 5.74) is 0.453. The molecule has 0 bridgehead atoms. The standard InChI is InChI=1S/C10H24O2Si2/c1-9(13(5,6)11-3)10(2)14(7,8)12-4/h10H,1H2,2-8H3. The van der Waals surface area contributed by atoms with Gasteiger partial charge in [0, 0.05) is 14.2 Å². The van der Waals surface area contributed by atoms with Crippen molar-refractivity contribution in [3.05, 3.63) is 11.8 Å². The van der Waals surface area contributed by atoms with Gasteiger partial charge in [-0.1, -0.05) is 12.1 Å². The lowest BCUT2D eigenvalue weighted by Crippen LogP contribution is -2.42. The van der Waals surface area contributed by atoms with Crippen LogP contribution in [0.5, 0.6) is 0 Å². The average Bonchev–Trinajstić information content (AvgIpc) is 2.15. The van der Waals surface area contributed by atoms with E-state index in [1.165, 1.54) is 5.20 Å². The van der Waals surface area contributed by atoms with Crippen LogP contribution in [0.4, 0.5) is 0 Å². The van der Waals surface area contributed by atoms with Crippen LogP contribution in [-0.4, -0.2) is 30.9 Å². The molecule has 4 heteroatoms. The zero-order valence-electron chi connectivity index (χ0n) is 10.6. The molecule has 2 nitrogen and oxygen atoms in total. The maximum Gasteiger partial charge on any atom is 0.213 e. The van der Waals surface area contributed by atoms with Gasteiger partial charge in [-0.15, -0.1) is 6.58 Å². The van der Waals surface area contributed by atoms with E-state index in [2.05, 4.69) is 39.7 Å². The first-order valence-corrected chi connectivity index (χ1v) is 10.9. The molecule has 0 heterocycles. The number of hydrogen-bond donors (Lipinski definition) is 0. The first-order chi connectivity index (χ1) is 6.19. The molecule has 0 rings (SSSR count). The van der Waals surface area contributed by atoms with Crippen LogP contribution in [-0.2, 0) is 8.85 Å². The van der Waals surface area contributed by atoms with Gasteiger partial charge in [0.1, 0.15) is 0 Å². The van der Waals surface area contributed by atoms with Gasteiger partial charge in [-0.05, 0) is 31.7 Å². The van der Waals surface area contributed by atoms with Crippen LogP contribution < -0.4 is 0 Å². The monoisotopic (exact) mass is 232 g/mol. The molecule has 0 aromatic carbocycles. The van der Waals surface area contributed by atoms with E-state index in [1.54, 1.807) is 14.2 Å². The van der Waals surface area contributed by atoms with Crippen molar-refractivity contribution in [3.63, 3.8) is 0 Å². The summed E-state index contributed by atoms with van der Waals surface area (Å²) < 4.78 is 11.2. The van der Waals surface area contributed by atoms with Crippen molar-refractivity contribution in [2.75, 3.05) is 14.2 Å². The Balaban J connectivity index is 4.71. The fourth-order valence-electron chi connectivity index (χ4n) is 1.25. The molecule has 1 unspecified atom stereocenters. The van der Waals surface area contributed by atoms with Gasteiger partial charge < -0.3 is 8.85 Å². The van der Waals surface area contributed by atoms with E-state index in [4.69, 9.17) is 8.85 Å². The highest BCUT2D eigenvalue weighted by Gasteiger charge is 2.38. The number of hydrogen-bond acceptors (Lipinski definition) is 2. The summed E-state index contributed by atoms with van der Waals surface area (Å²) in [6, 6.07) is 0. The van der Waals surface area contributed by atoms with E-state index in [9.17, 15) is 0 Å². The van der Waals surface area contributed by atoms with E-state index >= 15 is 0 Å². The molecule has 0 aliphatic carbocycles. The molecule has 0 N–H and O–H groups in total. The minimum atomic E-state index is -1.71. The minimum absolute atomic E-state index is 0.453. The maximum absolute atomic E-state index is 5.60. The molecule has 0 fully saturated rings. The first kappa shape index (κ1) is 14.1. The third-order valence-electron chi connectivity index (χ3n) is 3.38. The Bertz CT molecular complexity index is 212. The van der Waals surface area contributed by atoms with Crippen molar-refractivity contribution < 1.29 is 8.85 Å². The zero-order valence-corrected chi connectivity index (χ0v) is 12.6. The lowest BCUT2D eigenvalue weighted by atomic mass is 10.5. The van der Waals surface area contributed by atoms with Crippen molar-refractivity contribution in [3.8, 4) is 0 Å². The molecule has 0 saturated carbocycles. The summed E-state index contributed by atoms with van der Waals surface area (Å²) in [6.07, 6.45) is 0. The molecule has 0 amide bonds. The molecule has 0 saturated heterocycles. The number of rotatable bonds is 5. The quantitative estimate of drug-likeness (QED) is 0.678. The topological polar surface area (TPSA) is 18.5 Å². The molecule has 84 valence electrons. The van der Waals surface area contributed by atoms with Crippen LogP contribution in [0.25, 0.3) is 0 Å². The molecule has 0 radical (unpaired) electrons. The van der Waals surface area contributed by atoms with Gasteiger partial charge in [0.2, 0.25) is 8.32 Å². The van der Waals surface area contributed by atoms with Crippen molar-refractivity contribution in [1.82, 2.24) is 0 Å². The van der Waals surface area contributed by atoms with Crippen LogP contribution >= 0.6 is 0 Å². The van der Waals surface area contributed by atoms with Gasteiger partial charge in [-0.25, -0.2) is 0 Å². The molecule has 0 aromatic rings. The molecule has 14 heavy (non-hydrogen) atoms. The second-order valence-corrected chi connectivity index (χ2v) is 13.3. The van der Waals surface area contributed by atoms with Crippen LogP contribution in [0.3, 0.4) is 0 Å². The summed E-state index contributed by atoms with van der Waals surface area (Å²) >= 11 is 0. The highest BCUT2D eigenvalue weighted by atomic mass is 28.4. The predicted molar refractivity (Wildman–Crippen MR) is 67.5 cm³/mol. The van der Waals surface area contributed by atoms with E-state index < -0.39 is 16.6 Å². The highest BCUT2D eigenvalue weighted by molar-refractivity contribution is 6.83. The largest absolute Gasteiger partial charge is 0.420 e. The average molecular weight is 232 g/mol. The van der Waals surface area contributed by atoms with E-state index in [0.29, 0.717) is 5.54 Å². The smallest absolute Gasteiger partial charge is 0.213 e. The third-order valence-corrected chi connectivity index (χ3v) is 10.2. The van der Waals surface area contributed by atoms with Crippen LogP contribution in [0, 0.1) is 0 Å². The number of allylic oxidation sites excluding steroid dienone is 1. The maximum atomic E-state index is 5.60. The lowest BCUT2D eigenvalue weighted by Gasteiger charge is -2.35.